The van der Waals surface area contributed by atoms with Crippen molar-refractivity contribution in [3.05, 3.63) is 66.6 Å². The van der Waals surface area contributed by atoms with E-state index in [4.69, 9.17) is 0 Å². The van der Waals surface area contributed by atoms with Crippen LogP contribution in [0.25, 0.3) is 16.8 Å². The van der Waals surface area contributed by atoms with E-state index in [0.29, 0.717) is 11.3 Å². The molecule has 1 aromatic carbocycles. The van der Waals surface area contributed by atoms with Crippen molar-refractivity contribution < 1.29 is 14.3 Å². The largest absolute Gasteiger partial charge is 0.386 e. The van der Waals surface area contributed by atoms with E-state index in [1.807, 2.05) is 12.1 Å². The Labute approximate surface area is 165 Å². The number of halogens is 1. The maximum atomic E-state index is 14.2. The molecule has 1 amide bonds. The highest BCUT2D eigenvalue weighted by Gasteiger charge is 2.20. The van der Waals surface area contributed by atoms with E-state index in [1.165, 1.54) is 37.0 Å². The summed E-state index contributed by atoms with van der Waals surface area (Å²) < 4.78 is 17.3. The zero-order valence-electron chi connectivity index (χ0n) is 15.9. The molecule has 0 radical (unpaired) electrons. The zero-order chi connectivity index (χ0) is 20.6. The molecule has 9 heteroatoms. The number of aromatic nitrogens is 5. The minimum atomic E-state index is -1.30. The molecule has 0 bridgehead atoms. The topological polar surface area (TPSA) is 97.3 Å². The number of rotatable bonds is 5. The van der Waals surface area contributed by atoms with Crippen molar-refractivity contribution in [3.8, 4) is 11.1 Å². The fraction of sp³-hybridized carbons (Fsp3) is 0.200. The van der Waals surface area contributed by atoms with Gasteiger partial charge in [-0.15, -0.1) is 0 Å². The highest BCUT2D eigenvalue weighted by atomic mass is 19.1. The summed E-state index contributed by atoms with van der Waals surface area (Å²) >= 11 is 0. The molecule has 3 heterocycles. The number of nitrogens with one attached hydrogen (secondary N) is 1. The Bertz CT molecular complexity index is 1190. The molecule has 0 aliphatic carbocycles. The number of carbonyl (C=O) groups is 1. The summed E-state index contributed by atoms with van der Waals surface area (Å²) in [5.41, 5.74) is 1.63. The van der Waals surface area contributed by atoms with Gasteiger partial charge in [0, 0.05) is 29.2 Å². The first-order valence-electron chi connectivity index (χ1n) is 8.94. The SMILES string of the molecule is CC(C)(O)c1ccc(NC(=O)Cn2cc(-c3ccn4ncnc4c3)cn2)cc1F. The fourth-order valence-corrected chi connectivity index (χ4v) is 3.03. The van der Waals surface area contributed by atoms with Gasteiger partial charge in [-0.3, -0.25) is 9.48 Å². The third-order valence-electron chi connectivity index (χ3n) is 4.46. The summed E-state index contributed by atoms with van der Waals surface area (Å²) in [6.45, 7) is 2.97. The first-order chi connectivity index (χ1) is 13.8. The van der Waals surface area contributed by atoms with Gasteiger partial charge in [-0.1, -0.05) is 6.07 Å². The number of fused-ring (bicyclic) bond motifs is 1. The number of anilines is 1. The second kappa shape index (κ2) is 7.10. The van der Waals surface area contributed by atoms with Gasteiger partial charge in [0.2, 0.25) is 5.91 Å². The number of aliphatic hydroxyl groups is 1. The Morgan fingerprint density at radius 2 is 2.03 bits per heavy atom. The summed E-state index contributed by atoms with van der Waals surface area (Å²) in [4.78, 5) is 16.4. The van der Waals surface area contributed by atoms with Crippen LogP contribution in [-0.4, -0.2) is 35.4 Å². The van der Waals surface area contributed by atoms with Gasteiger partial charge in [-0.2, -0.15) is 10.2 Å². The second-order valence-corrected chi connectivity index (χ2v) is 7.21. The van der Waals surface area contributed by atoms with Crippen LogP contribution in [0.1, 0.15) is 19.4 Å². The van der Waals surface area contributed by atoms with E-state index in [2.05, 4.69) is 20.5 Å². The fourth-order valence-electron chi connectivity index (χ4n) is 3.03. The predicted octanol–water partition coefficient (Wildman–Crippen LogP) is 2.60. The number of nitrogens with zero attached hydrogens (tertiary/aromatic N) is 5. The maximum absolute atomic E-state index is 14.2. The van der Waals surface area contributed by atoms with E-state index in [9.17, 15) is 14.3 Å². The van der Waals surface area contributed by atoms with Gasteiger partial charge < -0.3 is 10.4 Å². The number of pyridine rings is 1. The van der Waals surface area contributed by atoms with Gasteiger partial charge in [0.15, 0.2) is 5.65 Å². The lowest BCUT2D eigenvalue weighted by molar-refractivity contribution is -0.116. The monoisotopic (exact) mass is 394 g/mol. The summed E-state index contributed by atoms with van der Waals surface area (Å²) in [5, 5.41) is 20.8. The van der Waals surface area contributed by atoms with Crippen LogP contribution < -0.4 is 5.32 Å². The molecule has 2 N–H and O–H groups in total. The zero-order valence-corrected chi connectivity index (χ0v) is 15.9. The quantitative estimate of drug-likeness (QED) is 0.542. The Kier molecular flexibility index (Phi) is 4.59. The lowest BCUT2D eigenvalue weighted by Crippen LogP contribution is -2.20. The van der Waals surface area contributed by atoms with Crippen LogP contribution in [0, 0.1) is 5.82 Å². The molecule has 0 saturated carbocycles. The van der Waals surface area contributed by atoms with Gasteiger partial charge in [0.1, 0.15) is 18.7 Å². The lowest BCUT2D eigenvalue weighted by atomic mass is 9.97. The molecule has 148 valence electrons. The van der Waals surface area contributed by atoms with Gasteiger partial charge in [-0.05, 0) is 43.7 Å². The third kappa shape index (κ3) is 3.99. The van der Waals surface area contributed by atoms with E-state index in [0.717, 1.165) is 11.1 Å². The number of hydrogen-bond donors (Lipinski definition) is 2. The smallest absolute Gasteiger partial charge is 0.246 e. The molecule has 3 aromatic heterocycles. The number of benzene rings is 1. The van der Waals surface area contributed by atoms with E-state index in [-0.39, 0.29) is 18.0 Å². The Morgan fingerprint density at radius 3 is 2.79 bits per heavy atom. The van der Waals surface area contributed by atoms with Crippen molar-refractivity contribution in [2.45, 2.75) is 26.0 Å². The normalized spacial score (nSPS) is 11.7. The van der Waals surface area contributed by atoms with Crippen LogP contribution in [-0.2, 0) is 16.9 Å². The van der Waals surface area contributed by atoms with Crippen molar-refractivity contribution >= 4 is 17.2 Å². The molecule has 0 unspecified atom stereocenters. The van der Waals surface area contributed by atoms with Crippen LogP contribution >= 0.6 is 0 Å². The lowest BCUT2D eigenvalue weighted by Gasteiger charge is -2.19. The van der Waals surface area contributed by atoms with E-state index in [1.54, 1.807) is 29.2 Å². The van der Waals surface area contributed by atoms with E-state index < -0.39 is 11.4 Å². The average Bonchev–Trinajstić information content (AvgIpc) is 3.28. The molecule has 0 aliphatic rings. The Hall–Kier alpha value is -3.59. The molecule has 4 rings (SSSR count). The number of hydrogen-bond acceptors (Lipinski definition) is 5. The van der Waals surface area contributed by atoms with Gasteiger partial charge in [0.05, 0.1) is 11.8 Å². The highest BCUT2D eigenvalue weighted by molar-refractivity contribution is 5.90. The summed E-state index contributed by atoms with van der Waals surface area (Å²) in [6.07, 6.45) is 6.68. The minimum Gasteiger partial charge on any atom is -0.386 e. The molecule has 0 aliphatic heterocycles. The van der Waals surface area contributed by atoms with Crippen molar-refractivity contribution in [2.24, 2.45) is 0 Å². The third-order valence-corrected chi connectivity index (χ3v) is 4.46. The molecule has 0 saturated heterocycles. The average molecular weight is 394 g/mol. The van der Waals surface area contributed by atoms with E-state index >= 15 is 0 Å². The number of amides is 1. The Balaban J connectivity index is 1.45. The summed E-state index contributed by atoms with van der Waals surface area (Å²) in [6, 6.07) is 7.96. The van der Waals surface area contributed by atoms with Gasteiger partial charge in [0.25, 0.3) is 0 Å². The first-order valence-corrected chi connectivity index (χ1v) is 8.94. The van der Waals surface area contributed by atoms with Crippen LogP contribution in [0.4, 0.5) is 10.1 Å². The van der Waals surface area contributed by atoms with Crippen molar-refractivity contribution in [2.75, 3.05) is 5.32 Å². The molecule has 8 nitrogen and oxygen atoms in total. The maximum Gasteiger partial charge on any atom is 0.246 e. The Morgan fingerprint density at radius 1 is 1.21 bits per heavy atom. The molecule has 4 aromatic rings. The summed E-state index contributed by atoms with van der Waals surface area (Å²) in [7, 11) is 0. The standard InChI is InChI=1S/C20H19FN6O2/c1-20(2,29)16-4-3-15(8-17(16)21)25-19(28)11-26-10-14(9-23-26)13-5-6-27-18(7-13)22-12-24-27/h3-10,12,29H,11H2,1-2H3,(H,25,28). The van der Waals surface area contributed by atoms with Crippen LogP contribution in [0.2, 0.25) is 0 Å². The highest BCUT2D eigenvalue weighted by Crippen LogP contribution is 2.25. The van der Waals surface area contributed by atoms with Crippen LogP contribution in [0.15, 0.2) is 55.2 Å². The number of carbonyl (C=O) groups excluding carboxylic acids is 1. The molecule has 0 fully saturated rings. The molecule has 29 heavy (non-hydrogen) atoms. The molecule has 0 atom stereocenters. The molecular formula is C20H19FN6O2. The first kappa shape index (κ1) is 18.8. The van der Waals surface area contributed by atoms with Crippen molar-refractivity contribution in [1.82, 2.24) is 24.4 Å². The predicted molar refractivity (Wildman–Crippen MR) is 104 cm³/mol. The second-order valence-electron chi connectivity index (χ2n) is 7.21. The molecule has 0 spiro atoms. The van der Waals surface area contributed by atoms with Crippen molar-refractivity contribution in [1.29, 1.82) is 0 Å². The van der Waals surface area contributed by atoms with Gasteiger partial charge in [-0.25, -0.2) is 13.9 Å². The van der Waals surface area contributed by atoms with Crippen molar-refractivity contribution in [3.63, 3.8) is 0 Å². The molecular weight excluding hydrogens is 375 g/mol. The summed E-state index contributed by atoms with van der Waals surface area (Å²) in [5.74, 6) is -0.927. The minimum absolute atomic E-state index is 0.0258. The van der Waals surface area contributed by atoms with Crippen LogP contribution in [0.5, 0.6) is 0 Å². The van der Waals surface area contributed by atoms with Crippen LogP contribution in [0.3, 0.4) is 0 Å². The van der Waals surface area contributed by atoms with Gasteiger partial charge >= 0.3 is 0 Å².